The van der Waals surface area contributed by atoms with E-state index in [9.17, 15) is 4.79 Å². The van der Waals surface area contributed by atoms with Crippen molar-refractivity contribution in [1.29, 1.82) is 0 Å². The Morgan fingerprint density at radius 3 is 2.61 bits per heavy atom. The largest absolute Gasteiger partial charge is 0.339 e. The Labute approximate surface area is 114 Å². The molecule has 104 valence electrons. The van der Waals surface area contributed by atoms with E-state index in [-0.39, 0.29) is 6.04 Å². The van der Waals surface area contributed by atoms with E-state index in [1.165, 1.54) is 13.0 Å². The summed E-state index contributed by atoms with van der Waals surface area (Å²) < 4.78 is 0. The fourth-order valence-corrected chi connectivity index (χ4v) is 3.34. The van der Waals surface area contributed by atoms with Gasteiger partial charge in [0.15, 0.2) is 0 Å². The first-order valence-electron chi connectivity index (χ1n) is 6.99. The molecular weight excluding hydrogens is 246 g/mol. The molecule has 0 spiro atoms. The molecule has 0 radical (unpaired) electrons. The van der Waals surface area contributed by atoms with E-state index in [1.54, 1.807) is 0 Å². The van der Waals surface area contributed by atoms with Crippen molar-refractivity contribution in [3.63, 3.8) is 0 Å². The number of amides is 1. The number of carbonyl (C=O) groups excluding carboxylic acids is 1. The number of nitrogens with zero attached hydrogens (tertiary/aromatic N) is 2. The molecule has 1 N–H and O–H groups in total. The van der Waals surface area contributed by atoms with Crippen molar-refractivity contribution in [2.24, 2.45) is 5.92 Å². The molecule has 2 rings (SSSR count). The van der Waals surface area contributed by atoms with Gasteiger partial charge in [-0.15, -0.1) is 11.8 Å². The zero-order valence-corrected chi connectivity index (χ0v) is 12.3. The van der Waals surface area contributed by atoms with Crippen LogP contribution in [0.5, 0.6) is 0 Å². The van der Waals surface area contributed by atoms with Gasteiger partial charge in [0.2, 0.25) is 5.91 Å². The predicted molar refractivity (Wildman–Crippen MR) is 76.7 cm³/mol. The normalized spacial score (nSPS) is 25.9. The second kappa shape index (κ2) is 6.78. The Bertz CT molecular complexity index is 271. The Morgan fingerprint density at radius 1 is 1.33 bits per heavy atom. The van der Waals surface area contributed by atoms with Crippen LogP contribution in [0.3, 0.4) is 0 Å². The molecule has 1 unspecified atom stereocenters. The molecule has 2 heterocycles. The molecule has 1 atom stereocenters. The van der Waals surface area contributed by atoms with Gasteiger partial charge in [-0.25, -0.2) is 0 Å². The quantitative estimate of drug-likeness (QED) is 0.822. The van der Waals surface area contributed by atoms with E-state index in [0.717, 1.165) is 43.7 Å². The second-order valence-corrected chi connectivity index (χ2v) is 6.65. The summed E-state index contributed by atoms with van der Waals surface area (Å²) in [5.41, 5.74) is 0. The van der Waals surface area contributed by atoms with Crippen molar-refractivity contribution < 1.29 is 4.79 Å². The van der Waals surface area contributed by atoms with Gasteiger partial charge in [-0.2, -0.15) is 0 Å². The molecule has 2 aliphatic heterocycles. The number of rotatable bonds is 4. The van der Waals surface area contributed by atoms with Gasteiger partial charge in [-0.1, -0.05) is 13.8 Å². The molecule has 0 bridgehead atoms. The van der Waals surface area contributed by atoms with E-state index >= 15 is 0 Å². The second-order valence-electron chi connectivity index (χ2n) is 5.62. The summed E-state index contributed by atoms with van der Waals surface area (Å²) in [6.45, 7) is 9.60. The summed E-state index contributed by atoms with van der Waals surface area (Å²) >= 11 is 1.82. The first kappa shape index (κ1) is 14.2. The standard InChI is InChI=1S/C13H25N3OS/c1-11(2)3-4-15-5-7-16(8-6-15)13(17)12-9-18-10-14-12/h11-12,14H,3-10H2,1-2H3. The average Bonchev–Trinajstić information content (AvgIpc) is 2.90. The van der Waals surface area contributed by atoms with E-state index < -0.39 is 0 Å². The van der Waals surface area contributed by atoms with Crippen LogP contribution in [0.15, 0.2) is 0 Å². The van der Waals surface area contributed by atoms with Gasteiger partial charge in [-0.3, -0.25) is 15.0 Å². The maximum Gasteiger partial charge on any atom is 0.240 e. The van der Waals surface area contributed by atoms with Crippen LogP contribution in [0.1, 0.15) is 20.3 Å². The lowest BCUT2D eigenvalue weighted by atomic mass is 10.1. The molecule has 0 saturated carbocycles. The van der Waals surface area contributed by atoms with E-state index in [2.05, 4.69) is 24.1 Å². The zero-order chi connectivity index (χ0) is 13.0. The van der Waals surface area contributed by atoms with Crippen LogP contribution in [0, 0.1) is 5.92 Å². The summed E-state index contributed by atoms with van der Waals surface area (Å²) in [4.78, 5) is 16.7. The van der Waals surface area contributed by atoms with Crippen LogP contribution in [-0.4, -0.2) is 66.1 Å². The maximum atomic E-state index is 12.2. The van der Waals surface area contributed by atoms with Crippen molar-refractivity contribution in [3.8, 4) is 0 Å². The van der Waals surface area contributed by atoms with Gasteiger partial charge in [0, 0.05) is 37.8 Å². The third-order valence-electron chi connectivity index (χ3n) is 3.72. The van der Waals surface area contributed by atoms with Crippen LogP contribution in [-0.2, 0) is 4.79 Å². The predicted octanol–water partition coefficient (Wildman–Crippen LogP) is 0.839. The maximum absolute atomic E-state index is 12.2. The third-order valence-corrected chi connectivity index (χ3v) is 4.66. The Hall–Kier alpha value is -0.260. The van der Waals surface area contributed by atoms with Gasteiger partial charge in [0.25, 0.3) is 0 Å². The lowest BCUT2D eigenvalue weighted by molar-refractivity contribution is -0.134. The lowest BCUT2D eigenvalue weighted by Crippen LogP contribution is -2.53. The molecule has 0 aromatic rings. The summed E-state index contributed by atoms with van der Waals surface area (Å²) in [7, 11) is 0. The van der Waals surface area contributed by atoms with Crippen molar-refractivity contribution in [2.75, 3.05) is 44.4 Å². The van der Waals surface area contributed by atoms with Crippen LogP contribution < -0.4 is 5.32 Å². The van der Waals surface area contributed by atoms with Crippen molar-refractivity contribution in [1.82, 2.24) is 15.1 Å². The topological polar surface area (TPSA) is 35.6 Å². The smallest absolute Gasteiger partial charge is 0.240 e. The summed E-state index contributed by atoms with van der Waals surface area (Å²) in [5.74, 6) is 2.94. The Kier molecular flexibility index (Phi) is 5.33. The van der Waals surface area contributed by atoms with E-state index in [1.807, 2.05) is 16.7 Å². The summed E-state index contributed by atoms with van der Waals surface area (Å²) in [6.07, 6.45) is 1.26. The van der Waals surface area contributed by atoms with Gasteiger partial charge in [0.1, 0.15) is 0 Å². The minimum absolute atomic E-state index is 0.0669. The van der Waals surface area contributed by atoms with E-state index in [0.29, 0.717) is 5.91 Å². The number of carbonyl (C=O) groups is 1. The molecule has 5 heteroatoms. The molecule has 0 aliphatic carbocycles. The lowest BCUT2D eigenvalue weighted by Gasteiger charge is -2.36. The Morgan fingerprint density at radius 2 is 2.06 bits per heavy atom. The molecule has 2 fully saturated rings. The van der Waals surface area contributed by atoms with Crippen LogP contribution in [0.25, 0.3) is 0 Å². The summed E-state index contributed by atoms with van der Waals surface area (Å²) in [6, 6.07) is 0.0669. The Balaban J connectivity index is 1.70. The highest BCUT2D eigenvalue weighted by atomic mass is 32.2. The van der Waals surface area contributed by atoms with Gasteiger partial charge >= 0.3 is 0 Å². The highest BCUT2D eigenvalue weighted by Crippen LogP contribution is 2.13. The molecule has 2 saturated heterocycles. The van der Waals surface area contributed by atoms with Crippen molar-refractivity contribution >= 4 is 17.7 Å². The highest BCUT2D eigenvalue weighted by molar-refractivity contribution is 7.99. The molecule has 18 heavy (non-hydrogen) atoms. The fraction of sp³-hybridized carbons (Fsp3) is 0.923. The van der Waals surface area contributed by atoms with Gasteiger partial charge in [0.05, 0.1) is 6.04 Å². The molecule has 4 nitrogen and oxygen atoms in total. The number of piperazine rings is 1. The molecular formula is C13H25N3OS. The first-order valence-corrected chi connectivity index (χ1v) is 8.14. The van der Waals surface area contributed by atoms with E-state index in [4.69, 9.17) is 0 Å². The monoisotopic (exact) mass is 271 g/mol. The zero-order valence-electron chi connectivity index (χ0n) is 11.5. The van der Waals surface area contributed by atoms with Gasteiger partial charge < -0.3 is 4.90 Å². The van der Waals surface area contributed by atoms with Crippen LogP contribution in [0.2, 0.25) is 0 Å². The van der Waals surface area contributed by atoms with Crippen LogP contribution in [0.4, 0.5) is 0 Å². The fourth-order valence-electron chi connectivity index (χ4n) is 2.41. The van der Waals surface area contributed by atoms with Crippen molar-refractivity contribution in [2.45, 2.75) is 26.3 Å². The van der Waals surface area contributed by atoms with Crippen LogP contribution >= 0.6 is 11.8 Å². The minimum atomic E-state index is 0.0669. The third kappa shape index (κ3) is 3.87. The molecule has 1 amide bonds. The number of nitrogens with one attached hydrogen (secondary N) is 1. The SMILES string of the molecule is CC(C)CCN1CCN(C(=O)C2CSCN2)CC1. The molecule has 0 aromatic heterocycles. The molecule has 0 aromatic carbocycles. The van der Waals surface area contributed by atoms with Crippen molar-refractivity contribution in [3.05, 3.63) is 0 Å². The van der Waals surface area contributed by atoms with Gasteiger partial charge in [-0.05, 0) is 18.9 Å². The average molecular weight is 271 g/mol. The molecule has 2 aliphatic rings. The minimum Gasteiger partial charge on any atom is -0.339 e. The highest BCUT2D eigenvalue weighted by Gasteiger charge is 2.29. The summed E-state index contributed by atoms with van der Waals surface area (Å²) in [5, 5.41) is 3.26. The first-order chi connectivity index (χ1) is 8.66. The number of thioether (sulfide) groups is 1. The number of hydrogen-bond acceptors (Lipinski definition) is 4. The number of hydrogen-bond donors (Lipinski definition) is 1.